The molecule has 5 nitrogen and oxygen atoms in total. The van der Waals surface area contributed by atoms with Crippen molar-refractivity contribution < 1.29 is 9.53 Å². The average molecular weight is 404 g/mol. The van der Waals surface area contributed by atoms with Crippen LogP contribution in [0.2, 0.25) is 0 Å². The lowest BCUT2D eigenvalue weighted by Crippen LogP contribution is -2.38. The summed E-state index contributed by atoms with van der Waals surface area (Å²) in [6.07, 6.45) is 0.998. The van der Waals surface area contributed by atoms with Crippen LogP contribution in [0, 0.1) is 0 Å². The average Bonchev–Trinajstić information content (AvgIpc) is 3.26. The molecule has 0 bridgehead atoms. The Bertz CT molecular complexity index is 673. The van der Waals surface area contributed by atoms with Gasteiger partial charge in [0.25, 0.3) is 5.91 Å². The Kier molecular flexibility index (Phi) is 8.65. The van der Waals surface area contributed by atoms with E-state index in [-0.39, 0.29) is 36.8 Å². The van der Waals surface area contributed by atoms with Crippen LogP contribution < -0.4 is 10.1 Å². The van der Waals surface area contributed by atoms with Crippen LogP contribution in [0.3, 0.4) is 0 Å². The van der Waals surface area contributed by atoms with E-state index in [1.54, 1.807) is 4.90 Å². The van der Waals surface area contributed by atoms with Gasteiger partial charge in [-0.2, -0.15) is 0 Å². The summed E-state index contributed by atoms with van der Waals surface area (Å²) in [5.41, 5.74) is 1.52. The van der Waals surface area contributed by atoms with Gasteiger partial charge in [-0.15, -0.1) is 36.2 Å². The Labute approximate surface area is 164 Å². The fourth-order valence-electron chi connectivity index (χ4n) is 2.68. The maximum atomic E-state index is 12.5. The van der Waals surface area contributed by atoms with E-state index >= 15 is 0 Å². The van der Waals surface area contributed by atoms with Crippen LogP contribution in [0.1, 0.15) is 23.8 Å². The van der Waals surface area contributed by atoms with E-state index in [0.29, 0.717) is 12.3 Å². The fraction of sp³-hybridized carbons (Fsp3) is 0.412. The number of nitrogens with one attached hydrogen (secondary N) is 1. The van der Waals surface area contributed by atoms with Crippen molar-refractivity contribution in [2.75, 3.05) is 26.7 Å². The highest BCUT2D eigenvalue weighted by Crippen LogP contribution is 2.26. The SMILES string of the molecule is CCOc1ccc(-c2nc(C(=O)N(C)C3CCNC3)cs2)cc1.Cl.Cl. The molecule has 1 atom stereocenters. The first-order valence-corrected chi connectivity index (χ1v) is 8.73. The summed E-state index contributed by atoms with van der Waals surface area (Å²) in [4.78, 5) is 18.9. The third kappa shape index (κ3) is 5.07. The van der Waals surface area contributed by atoms with Gasteiger partial charge in [0.2, 0.25) is 0 Å². The van der Waals surface area contributed by atoms with Gasteiger partial charge in [0.1, 0.15) is 16.5 Å². The second-order valence-corrected chi connectivity index (χ2v) is 6.42. The molecule has 1 aromatic heterocycles. The first-order chi connectivity index (χ1) is 11.2. The summed E-state index contributed by atoms with van der Waals surface area (Å²) in [6.45, 7) is 4.44. The number of hydrogen-bond donors (Lipinski definition) is 1. The van der Waals surface area contributed by atoms with Crippen LogP contribution >= 0.6 is 36.2 Å². The van der Waals surface area contributed by atoms with E-state index in [4.69, 9.17) is 4.74 Å². The van der Waals surface area contributed by atoms with Gasteiger partial charge in [0.15, 0.2) is 0 Å². The number of thiazole rings is 1. The number of likely N-dealkylation sites (N-methyl/N-ethyl adjacent to an activating group) is 1. The third-order valence-electron chi connectivity index (χ3n) is 4.04. The number of hydrogen-bond acceptors (Lipinski definition) is 5. The number of amides is 1. The molecule has 0 saturated carbocycles. The van der Waals surface area contributed by atoms with Crippen LogP contribution in [0.15, 0.2) is 29.6 Å². The smallest absolute Gasteiger partial charge is 0.273 e. The lowest BCUT2D eigenvalue weighted by Gasteiger charge is -2.22. The molecule has 1 fully saturated rings. The first kappa shape index (κ1) is 21.7. The molecule has 3 rings (SSSR count). The summed E-state index contributed by atoms with van der Waals surface area (Å²) in [6, 6.07) is 8.07. The highest BCUT2D eigenvalue weighted by Gasteiger charge is 2.25. The number of halogens is 2. The van der Waals surface area contributed by atoms with Crippen molar-refractivity contribution in [1.29, 1.82) is 0 Å². The van der Waals surface area contributed by atoms with Crippen LogP contribution in [-0.4, -0.2) is 48.6 Å². The molecule has 0 spiro atoms. The molecule has 1 N–H and O–H groups in total. The number of nitrogens with zero attached hydrogens (tertiary/aromatic N) is 2. The van der Waals surface area contributed by atoms with Gasteiger partial charge in [-0.05, 0) is 44.2 Å². The highest BCUT2D eigenvalue weighted by atomic mass is 35.5. The van der Waals surface area contributed by atoms with Crippen LogP contribution in [-0.2, 0) is 0 Å². The minimum Gasteiger partial charge on any atom is -0.494 e. The van der Waals surface area contributed by atoms with Crippen molar-refractivity contribution in [3.8, 4) is 16.3 Å². The molecular weight excluding hydrogens is 381 g/mol. The molecule has 0 aliphatic carbocycles. The molecule has 138 valence electrons. The summed E-state index contributed by atoms with van der Waals surface area (Å²) in [7, 11) is 1.86. The van der Waals surface area contributed by atoms with Crippen molar-refractivity contribution >= 4 is 42.1 Å². The zero-order valence-corrected chi connectivity index (χ0v) is 16.7. The minimum absolute atomic E-state index is 0. The van der Waals surface area contributed by atoms with Crippen molar-refractivity contribution in [1.82, 2.24) is 15.2 Å². The minimum atomic E-state index is -0.00728. The zero-order chi connectivity index (χ0) is 16.2. The van der Waals surface area contributed by atoms with E-state index < -0.39 is 0 Å². The highest BCUT2D eigenvalue weighted by molar-refractivity contribution is 7.13. The number of carbonyl (C=O) groups excluding carboxylic acids is 1. The Morgan fingerprint density at radius 3 is 2.68 bits per heavy atom. The lowest BCUT2D eigenvalue weighted by atomic mass is 10.2. The predicted molar refractivity (Wildman–Crippen MR) is 107 cm³/mol. The normalized spacial score (nSPS) is 15.8. The van der Waals surface area contributed by atoms with E-state index in [1.165, 1.54) is 11.3 Å². The standard InChI is InChI=1S/C17H21N3O2S.2ClH/c1-3-22-14-6-4-12(5-7-14)16-19-15(11-23-16)17(21)20(2)13-8-9-18-10-13;;/h4-7,11,13,18H,3,8-10H2,1-2H3;2*1H. The first-order valence-electron chi connectivity index (χ1n) is 7.85. The molecule has 1 aliphatic heterocycles. The Morgan fingerprint density at radius 2 is 2.08 bits per heavy atom. The van der Waals surface area contributed by atoms with Gasteiger partial charge in [-0.3, -0.25) is 4.79 Å². The van der Waals surface area contributed by atoms with Crippen LogP contribution in [0.25, 0.3) is 10.6 Å². The van der Waals surface area contributed by atoms with Crippen molar-refractivity contribution in [3.63, 3.8) is 0 Å². The van der Waals surface area contributed by atoms with Gasteiger partial charge in [0.05, 0.1) is 6.61 Å². The van der Waals surface area contributed by atoms with E-state index in [0.717, 1.165) is 35.8 Å². The van der Waals surface area contributed by atoms with Gasteiger partial charge in [-0.25, -0.2) is 4.98 Å². The number of benzene rings is 1. The summed E-state index contributed by atoms with van der Waals surface area (Å²) in [5, 5.41) is 5.98. The second-order valence-electron chi connectivity index (χ2n) is 5.56. The van der Waals surface area contributed by atoms with Crippen molar-refractivity contribution in [2.24, 2.45) is 0 Å². The Hall–Kier alpha value is -1.34. The lowest BCUT2D eigenvalue weighted by molar-refractivity contribution is 0.0739. The topological polar surface area (TPSA) is 54.5 Å². The molecule has 25 heavy (non-hydrogen) atoms. The van der Waals surface area contributed by atoms with E-state index in [9.17, 15) is 4.79 Å². The molecule has 0 radical (unpaired) electrons. The summed E-state index contributed by atoms with van der Waals surface area (Å²) >= 11 is 1.50. The molecule has 2 heterocycles. The van der Waals surface area contributed by atoms with Gasteiger partial charge < -0.3 is 15.0 Å². The maximum Gasteiger partial charge on any atom is 0.273 e. The second kappa shape index (κ2) is 9.97. The fourth-order valence-corrected chi connectivity index (χ4v) is 3.48. The van der Waals surface area contributed by atoms with Gasteiger partial charge >= 0.3 is 0 Å². The predicted octanol–water partition coefficient (Wildman–Crippen LogP) is 3.49. The Morgan fingerprint density at radius 1 is 1.36 bits per heavy atom. The maximum absolute atomic E-state index is 12.5. The molecule has 1 amide bonds. The summed E-state index contributed by atoms with van der Waals surface area (Å²) < 4.78 is 5.44. The quantitative estimate of drug-likeness (QED) is 0.829. The molecular formula is C17H23Cl2N3O2S. The van der Waals surface area contributed by atoms with Gasteiger partial charge in [0, 0.05) is 30.6 Å². The van der Waals surface area contributed by atoms with Gasteiger partial charge in [-0.1, -0.05) is 0 Å². The third-order valence-corrected chi connectivity index (χ3v) is 4.93. The largest absolute Gasteiger partial charge is 0.494 e. The molecule has 2 aromatic rings. The summed E-state index contributed by atoms with van der Waals surface area (Å²) in [5.74, 6) is 0.838. The van der Waals surface area contributed by atoms with Crippen molar-refractivity contribution in [2.45, 2.75) is 19.4 Å². The van der Waals surface area contributed by atoms with Crippen LogP contribution in [0.5, 0.6) is 5.75 Å². The molecule has 1 saturated heterocycles. The number of aromatic nitrogens is 1. The monoisotopic (exact) mass is 403 g/mol. The molecule has 1 unspecified atom stereocenters. The van der Waals surface area contributed by atoms with E-state index in [2.05, 4.69) is 10.3 Å². The number of ether oxygens (including phenoxy) is 1. The number of carbonyl (C=O) groups is 1. The molecule has 1 aromatic carbocycles. The zero-order valence-electron chi connectivity index (χ0n) is 14.2. The molecule has 1 aliphatic rings. The number of rotatable bonds is 5. The Balaban J connectivity index is 0.00000156. The van der Waals surface area contributed by atoms with Crippen LogP contribution in [0.4, 0.5) is 0 Å². The van der Waals surface area contributed by atoms with Crippen molar-refractivity contribution in [3.05, 3.63) is 35.3 Å². The molecule has 8 heteroatoms. The van der Waals surface area contributed by atoms with E-state index in [1.807, 2.05) is 43.6 Å².